The normalized spacial score (nSPS) is 17.1. The molecule has 1 N–H and O–H groups in total. The number of amides is 2. The summed E-state index contributed by atoms with van der Waals surface area (Å²) < 4.78 is 10.4. The van der Waals surface area contributed by atoms with E-state index < -0.39 is 17.7 Å². The van der Waals surface area contributed by atoms with Gasteiger partial charge in [-0.2, -0.15) is 0 Å². The molecule has 2 aromatic rings. The molecule has 0 aromatic heterocycles. The molecular formula is C30H37N3O5. The van der Waals surface area contributed by atoms with Gasteiger partial charge in [0.25, 0.3) is 0 Å². The number of hydrogen-bond donors (Lipinski definition) is 1. The van der Waals surface area contributed by atoms with Crippen molar-refractivity contribution in [2.45, 2.75) is 57.6 Å². The number of rotatable bonds is 5. The first-order valence-corrected chi connectivity index (χ1v) is 12.9. The van der Waals surface area contributed by atoms with Gasteiger partial charge in [0.1, 0.15) is 12.1 Å². The van der Waals surface area contributed by atoms with Crippen LogP contribution in [0, 0.1) is 0 Å². The second-order valence-corrected chi connectivity index (χ2v) is 11.2. The summed E-state index contributed by atoms with van der Waals surface area (Å²) in [4.78, 5) is 41.2. The Hall–Kier alpha value is -3.81. The van der Waals surface area contributed by atoms with Crippen LogP contribution in [-0.4, -0.2) is 61.3 Å². The first-order chi connectivity index (χ1) is 17.9. The van der Waals surface area contributed by atoms with Gasteiger partial charge in [-0.15, -0.1) is 0 Å². The van der Waals surface area contributed by atoms with Crippen LogP contribution in [-0.2, 0) is 20.7 Å². The van der Waals surface area contributed by atoms with Gasteiger partial charge in [0.15, 0.2) is 0 Å². The van der Waals surface area contributed by atoms with Crippen molar-refractivity contribution in [3.05, 3.63) is 65.7 Å². The number of carbonyl (C=O) groups is 3. The van der Waals surface area contributed by atoms with Crippen LogP contribution in [0.25, 0.3) is 5.57 Å². The lowest BCUT2D eigenvalue weighted by molar-refractivity contribution is -0.128. The number of benzene rings is 2. The van der Waals surface area contributed by atoms with E-state index in [1.54, 1.807) is 24.1 Å². The number of carbonyl (C=O) groups excluding carboxylic acids is 3. The maximum absolute atomic E-state index is 13.0. The minimum absolute atomic E-state index is 0.00901. The summed E-state index contributed by atoms with van der Waals surface area (Å²) >= 11 is 0. The lowest BCUT2D eigenvalue weighted by atomic mass is 9.98. The zero-order valence-corrected chi connectivity index (χ0v) is 22.9. The third kappa shape index (κ3) is 6.36. The second kappa shape index (κ2) is 10.5. The predicted molar refractivity (Wildman–Crippen MR) is 148 cm³/mol. The van der Waals surface area contributed by atoms with E-state index in [-0.39, 0.29) is 18.0 Å². The van der Waals surface area contributed by atoms with E-state index in [9.17, 15) is 14.4 Å². The molecule has 0 unspecified atom stereocenters. The van der Waals surface area contributed by atoms with E-state index in [1.165, 1.54) is 7.11 Å². The minimum Gasteiger partial charge on any atom is -0.465 e. The third-order valence-corrected chi connectivity index (χ3v) is 6.97. The van der Waals surface area contributed by atoms with Crippen LogP contribution in [0.5, 0.6) is 0 Å². The lowest BCUT2D eigenvalue weighted by Crippen LogP contribution is -2.41. The topological polar surface area (TPSA) is 88.2 Å². The lowest BCUT2D eigenvalue weighted by Gasteiger charge is -2.28. The van der Waals surface area contributed by atoms with Crippen LogP contribution < -0.4 is 10.2 Å². The average Bonchev–Trinajstić information content (AvgIpc) is 3.61. The molecule has 0 bridgehead atoms. The molecule has 1 aliphatic heterocycles. The summed E-state index contributed by atoms with van der Waals surface area (Å²) in [5.41, 5.74) is 4.02. The van der Waals surface area contributed by atoms with Crippen LogP contribution in [0.3, 0.4) is 0 Å². The first kappa shape index (κ1) is 27.2. The van der Waals surface area contributed by atoms with E-state index >= 15 is 0 Å². The summed E-state index contributed by atoms with van der Waals surface area (Å²) in [6, 6.07) is 13.4. The van der Waals surface area contributed by atoms with Crippen LogP contribution in [0.1, 0.15) is 61.5 Å². The highest BCUT2D eigenvalue weighted by atomic mass is 16.6. The Morgan fingerprint density at radius 1 is 1.11 bits per heavy atom. The first-order valence-electron chi connectivity index (χ1n) is 12.9. The zero-order chi connectivity index (χ0) is 27.7. The molecule has 8 nitrogen and oxygen atoms in total. The van der Waals surface area contributed by atoms with Crippen molar-refractivity contribution in [1.29, 1.82) is 0 Å². The van der Waals surface area contributed by atoms with Crippen molar-refractivity contribution >= 4 is 34.9 Å². The molecule has 0 radical (unpaired) electrons. The van der Waals surface area contributed by atoms with Gasteiger partial charge in [-0.1, -0.05) is 18.7 Å². The Bertz CT molecular complexity index is 1240. The van der Waals surface area contributed by atoms with E-state index in [0.717, 1.165) is 40.9 Å². The maximum Gasteiger partial charge on any atom is 0.408 e. The fourth-order valence-electron chi connectivity index (χ4n) is 4.63. The Kier molecular flexibility index (Phi) is 7.54. The molecule has 8 heteroatoms. The molecule has 2 aliphatic rings. The number of likely N-dealkylation sites (N-methyl/N-ethyl adjacent to an activating group) is 1. The number of hydrogen-bond acceptors (Lipinski definition) is 6. The van der Waals surface area contributed by atoms with Gasteiger partial charge in [-0.25, -0.2) is 9.59 Å². The number of nitrogens with one attached hydrogen (secondary N) is 1. The minimum atomic E-state index is -0.544. The molecule has 38 heavy (non-hydrogen) atoms. The zero-order valence-electron chi connectivity index (χ0n) is 22.9. The SMILES string of the molecule is C=C1CCN(C)C(=O)CN(c2ccc(CC3(NC(=O)OC(C)(C)C)CC3)cc2)c2ccc(C(=O)OC)cc21. The van der Waals surface area contributed by atoms with E-state index in [2.05, 4.69) is 11.9 Å². The van der Waals surface area contributed by atoms with Crippen molar-refractivity contribution in [3.63, 3.8) is 0 Å². The molecule has 1 saturated carbocycles. The van der Waals surface area contributed by atoms with Gasteiger partial charge in [0, 0.05) is 36.1 Å². The third-order valence-electron chi connectivity index (χ3n) is 6.97. The fourth-order valence-corrected chi connectivity index (χ4v) is 4.63. The molecule has 4 rings (SSSR count). The number of fused-ring (bicyclic) bond motifs is 1. The maximum atomic E-state index is 13.0. The van der Waals surface area contributed by atoms with E-state index in [0.29, 0.717) is 24.9 Å². The highest BCUT2D eigenvalue weighted by Gasteiger charge is 2.44. The van der Waals surface area contributed by atoms with Gasteiger partial charge in [0.2, 0.25) is 5.91 Å². The standard InChI is InChI=1S/C30H37N3O5/c1-20-13-16-32(5)26(34)19-33(25-12-9-22(17-24(20)25)27(35)37-6)23-10-7-21(8-11-23)18-30(14-15-30)31-28(36)38-29(2,3)4/h7-12,17H,1,13-16,18-19H2,2-6H3,(H,31,36). The summed E-state index contributed by atoms with van der Waals surface area (Å²) in [5.74, 6) is -0.427. The van der Waals surface area contributed by atoms with Crippen molar-refractivity contribution in [3.8, 4) is 0 Å². The van der Waals surface area contributed by atoms with Crippen molar-refractivity contribution in [1.82, 2.24) is 10.2 Å². The number of esters is 1. The van der Waals surface area contributed by atoms with Crippen LogP contribution in [0.15, 0.2) is 49.0 Å². The number of alkyl carbamates (subject to hydrolysis) is 1. The Morgan fingerprint density at radius 2 is 1.79 bits per heavy atom. The summed E-state index contributed by atoms with van der Waals surface area (Å²) in [6.07, 6.45) is 2.70. The monoisotopic (exact) mass is 519 g/mol. The Morgan fingerprint density at radius 3 is 2.39 bits per heavy atom. The quantitative estimate of drug-likeness (QED) is 0.554. The van der Waals surface area contributed by atoms with Crippen molar-refractivity contribution < 1.29 is 23.9 Å². The molecule has 2 aromatic carbocycles. The molecule has 0 saturated heterocycles. The summed E-state index contributed by atoms with van der Waals surface area (Å²) in [6.45, 7) is 10.5. The molecule has 2 amide bonds. The molecule has 202 valence electrons. The van der Waals surface area contributed by atoms with Crippen molar-refractivity contribution in [2.75, 3.05) is 32.1 Å². The van der Waals surface area contributed by atoms with Crippen LogP contribution in [0.4, 0.5) is 16.2 Å². The van der Waals surface area contributed by atoms with Crippen LogP contribution in [0.2, 0.25) is 0 Å². The Labute approximate surface area is 224 Å². The van der Waals surface area contributed by atoms with E-state index in [1.807, 2.05) is 56.0 Å². The number of ether oxygens (including phenoxy) is 2. The molecular weight excluding hydrogens is 482 g/mol. The summed E-state index contributed by atoms with van der Waals surface area (Å²) in [7, 11) is 3.15. The highest BCUT2D eigenvalue weighted by molar-refractivity contribution is 5.94. The fraction of sp³-hybridized carbons (Fsp3) is 0.433. The molecule has 0 atom stereocenters. The number of methoxy groups -OCH3 is 1. The van der Waals surface area contributed by atoms with Gasteiger partial charge in [-0.05, 0) is 87.9 Å². The number of anilines is 2. The molecule has 1 aliphatic carbocycles. The predicted octanol–water partition coefficient (Wildman–Crippen LogP) is 5.09. The van der Waals surface area contributed by atoms with Crippen LogP contribution >= 0.6 is 0 Å². The molecule has 0 spiro atoms. The summed E-state index contributed by atoms with van der Waals surface area (Å²) in [5, 5.41) is 3.05. The smallest absolute Gasteiger partial charge is 0.408 e. The Balaban J connectivity index is 1.61. The van der Waals surface area contributed by atoms with Gasteiger partial charge in [-0.3, -0.25) is 4.79 Å². The van der Waals surface area contributed by atoms with Gasteiger partial charge < -0.3 is 24.6 Å². The second-order valence-electron chi connectivity index (χ2n) is 11.2. The highest BCUT2D eigenvalue weighted by Crippen LogP contribution is 2.40. The molecule has 1 heterocycles. The van der Waals surface area contributed by atoms with Gasteiger partial charge in [0.05, 0.1) is 12.7 Å². The number of nitrogens with zero attached hydrogens (tertiary/aromatic N) is 2. The average molecular weight is 520 g/mol. The largest absolute Gasteiger partial charge is 0.465 e. The van der Waals surface area contributed by atoms with Crippen molar-refractivity contribution in [2.24, 2.45) is 0 Å². The molecule has 1 fully saturated rings. The van der Waals surface area contributed by atoms with Gasteiger partial charge >= 0.3 is 12.1 Å². The van der Waals surface area contributed by atoms with E-state index in [4.69, 9.17) is 9.47 Å².